The van der Waals surface area contributed by atoms with E-state index >= 15 is 0 Å². The molecule has 0 unspecified atom stereocenters. The van der Waals surface area contributed by atoms with Gasteiger partial charge in [0.1, 0.15) is 0 Å². The number of hydrogen-bond acceptors (Lipinski definition) is 0. The van der Waals surface area contributed by atoms with Gasteiger partial charge in [-0.1, -0.05) is 44.9 Å². The Kier molecular flexibility index (Phi) is 3.58. The Bertz CT molecular complexity index is 194. The molecule has 0 heteroatoms. The molecule has 0 amide bonds. The molecule has 0 nitrogen and oxygen atoms in total. The summed E-state index contributed by atoms with van der Waals surface area (Å²) in [6.45, 7) is 6.84. The van der Waals surface area contributed by atoms with Gasteiger partial charge >= 0.3 is 0 Å². The van der Waals surface area contributed by atoms with E-state index in [0.717, 1.165) is 5.92 Å². The Morgan fingerprint density at radius 1 is 1.42 bits per heavy atom. The molecule has 12 heavy (non-hydrogen) atoms. The molecule has 1 aliphatic rings. The number of hydrogen-bond donors (Lipinski definition) is 0. The van der Waals surface area contributed by atoms with Crippen molar-refractivity contribution >= 4 is 0 Å². The summed E-state index contributed by atoms with van der Waals surface area (Å²) in [5.41, 5.74) is 3.29. The van der Waals surface area contributed by atoms with Crippen LogP contribution in [-0.4, -0.2) is 0 Å². The summed E-state index contributed by atoms with van der Waals surface area (Å²) in [5.74, 6) is 0.718. The predicted molar refractivity (Wildman–Crippen MR) is 55.1 cm³/mol. The standard InChI is InChI=1S/C12H20/c1-4-5-7-11-8-6-9-12(11)10(2)3/h6,9-10H,4-5,7-8H2,1-3H3. The van der Waals surface area contributed by atoms with Crippen molar-refractivity contribution in [2.45, 2.75) is 46.5 Å². The highest BCUT2D eigenvalue weighted by atomic mass is 14.2. The normalized spacial score (nSPS) is 16.7. The van der Waals surface area contributed by atoms with Crippen LogP contribution >= 0.6 is 0 Å². The molecule has 0 atom stereocenters. The second-order valence-corrected chi connectivity index (χ2v) is 3.92. The smallest absolute Gasteiger partial charge is 0.0130 e. The van der Waals surface area contributed by atoms with Crippen molar-refractivity contribution in [1.29, 1.82) is 0 Å². The van der Waals surface area contributed by atoms with Gasteiger partial charge in [-0.2, -0.15) is 0 Å². The van der Waals surface area contributed by atoms with Crippen LogP contribution in [0.5, 0.6) is 0 Å². The third-order valence-corrected chi connectivity index (χ3v) is 2.52. The monoisotopic (exact) mass is 164 g/mol. The Hall–Kier alpha value is -0.520. The maximum Gasteiger partial charge on any atom is -0.0130 e. The molecule has 68 valence electrons. The highest BCUT2D eigenvalue weighted by Gasteiger charge is 2.10. The predicted octanol–water partition coefficient (Wildman–Crippen LogP) is 4.09. The lowest BCUT2D eigenvalue weighted by atomic mass is 9.97. The van der Waals surface area contributed by atoms with Crippen molar-refractivity contribution in [2.24, 2.45) is 5.92 Å². The molecule has 0 radical (unpaired) electrons. The summed E-state index contributed by atoms with van der Waals surface area (Å²) in [7, 11) is 0. The Morgan fingerprint density at radius 2 is 2.17 bits per heavy atom. The van der Waals surface area contributed by atoms with Gasteiger partial charge in [0.2, 0.25) is 0 Å². The first-order valence-electron chi connectivity index (χ1n) is 5.14. The minimum Gasteiger partial charge on any atom is -0.0802 e. The molecule has 0 bridgehead atoms. The molecule has 0 saturated carbocycles. The van der Waals surface area contributed by atoms with Gasteiger partial charge in [0.05, 0.1) is 0 Å². The molecule has 1 aliphatic carbocycles. The number of rotatable bonds is 4. The van der Waals surface area contributed by atoms with E-state index in [9.17, 15) is 0 Å². The van der Waals surface area contributed by atoms with Crippen LogP contribution in [0, 0.1) is 5.92 Å². The SMILES string of the molecule is CCCCC1=C(C(C)C)C=CC1. The maximum absolute atomic E-state index is 2.32. The molecular formula is C12H20. The van der Waals surface area contributed by atoms with Gasteiger partial charge in [0.25, 0.3) is 0 Å². The fourth-order valence-electron chi connectivity index (χ4n) is 1.80. The zero-order valence-electron chi connectivity index (χ0n) is 8.56. The van der Waals surface area contributed by atoms with Crippen LogP contribution in [0.3, 0.4) is 0 Å². The van der Waals surface area contributed by atoms with Gasteiger partial charge in [0, 0.05) is 0 Å². The fraction of sp³-hybridized carbons (Fsp3) is 0.667. The summed E-state index contributed by atoms with van der Waals surface area (Å²) in [6, 6.07) is 0. The van der Waals surface area contributed by atoms with E-state index in [-0.39, 0.29) is 0 Å². The van der Waals surface area contributed by atoms with Gasteiger partial charge in [-0.15, -0.1) is 0 Å². The maximum atomic E-state index is 2.32. The van der Waals surface area contributed by atoms with Crippen LogP contribution in [0.25, 0.3) is 0 Å². The third kappa shape index (κ3) is 2.23. The summed E-state index contributed by atoms with van der Waals surface area (Å²) in [5, 5.41) is 0. The molecule has 0 aromatic heterocycles. The first kappa shape index (κ1) is 9.57. The first-order valence-corrected chi connectivity index (χ1v) is 5.14. The van der Waals surface area contributed by atoms with Crippen molar-refractivity contribution in [2.75, 3.05) is 0 Å². The van der Waals surface area contributed by atoms with Crippen LogP contribution in [0.2, 0.25) is 0 Å². The van der Waals surface area contributed by atoms with Crippen molar-refractivity contribution in [3.8, 4) is 0 Å². The second-order valence-electron chi connectivity index (χ2n) is 3.92. The summed E-state index contributed by atoms with van der Waals surface area (Å²) >= 11 is 0. The molecule has 0 heterocycles. The molecular weight excluding hydrogens is 144 g/mol. The van der Waals surface area contributed by atoms with Gasteiger partial charge in [-0.05, 0) is 30.8 Å². The molecule has 0 aromatic rings. The first-order chi connectivity index (χ1) is 5.75. The van der Waals surface area contributed by atoms with Crippen molar-refractivity contribution in [3.63, 3.8) is 0 Å². The van der Waals surface area contributed by atoms with E-state index < -0.39 is 0 Å². The molecule has 0 fully saturated rings. The Morgan fingerprint density at radius 3 is 2.75 bits per heavy atom. The lowest BCUT2D eigenvalue weighted by molar-refractivity contribution is 0.734. The average Bonchev–Trinajstić information content (AvgIpc) is 2.48. The Labute approximate surface area is 76.4 Å². The third-order valence-electron chi connectivity index (χ3n) is 2.52. The lowest BCUT2D eigenvalue weighted by Gasteiger charge is -2.09. The zero-order valence-corrected chi connectivity index (χ0v) is 8.56. The fourth-order valence-corrected chi connectivity index (χ4v) is 1.80. The van der Waals surface area contributed by atoms with Crippen molar-refractivity contribution < 1.29 is 0 Å². The summed E-state index contributed by atoms with van der Waals surface area (Å²) in [6.07, 6.45) is 9.82. The highest BCUT2D eigenvalue weighted by molar-refractivity contribution is 5.34. The molecule has 0 spiro atoms. The van der Waals surface area contributed by atoms with Gasteiger partial charge in [-0.25, -0.2) is 0 Å². The largest absolute Gasteiger partial charge is 0.0802 e. The van der Waals surface area contributed by atoms with E-state index in [1.165, 1.54) is 25.7 Å². The topological polar surface area (TPSA) is 0 Å². The van der Waals surface area contributed by atoms with Crippen LogP contribution in [0.4, 0.5) is 0 Å². The Balaban J connectivity index is 2.55. The minimum absolute atomic E-state index is 0.718. The average molecular weight is 164 g/mol. The molecule has 0 saturated heterocycles. The molecule has 0 N–H and O–H groups in total. The van der Waals surface area contributed by atoms with E-state index in [0.29, 0.717) is 0 Å². The van der Waals surface area contributed by atoms with Crippen molar-refractivity contribution in [1.82, 2.24) is 0 Å². The highest BCUT2D eigenvalue weighted by Crippen LogP contribution is 2.28. The van der Waals surface area contributed by atoms with Crippen LogP contribution in [0.15, 0.2) is 23.3 Å². The van der Waals surface area contributed by atoms with Gasteiger partial charge < -0.3 is 0 Å². The number of unbranched alkanes of at least 4 members (excludes halogenated alkanes) is 1. The summed E-state index contributed by atoms with van der Waals surface area (Å²) in [4.78, 5) is 0. The van der Waals surface area contributed by atoms with E-state index in [4.69, 9.17) is 0 Å². The quantitative estimate of drug-likeness (QED) is 0.587. The second kappa shape index (κ2) is 4.49. The van der Waals surface area contributed by atoms with Crippen LogP contribution < -0.4 is 0 Å². The van der Waals surface area contributed by atoms with Gasteiger partial charge in [-0.3, -0.25) is 0 Å². The number of allylic oxidation sites excluding steroid dienone is 4. The van der Waals surface area contributed by atoms with Gasteiger partial charge in [0.15, 0.2) is 0 Å². The van der Waals surface area contributed by atoms with E-state index in [1.807, 2.05) is 0 Å². The van der Waals surface area contributed by atoms with Crippen LogP contribution in [0.1, 0.15) is 46.5 Å². The molecule has 1 rings (SSSR count). The van der Waals surface area contributed by atoms with E-state index in [2.05, 4.69) is 32.9 Å². The summed E-state index contributed by atoms with van der Waals surface area (Å²) < 4.78 is 0. The zero-order chi connectivity index (χ0) is 8.97. The molecule has 0 aromatic carbocycles. The van der Waals surface area contributed by atoms with Crippen molar-refractivity contribution in [3.05, 3.63) is 23.3 Å². The molecule has 0 aliphatic heterocycles. The lowest BCUT2D eigenvalue weighted by Crippen LogP contribution is -1.93. The van der Waals surface area contributed by atoms with E-state index in [1.54, 1.807) is 11.1 Å². The minimum atomic E-state index is 0.718. The van der Waals surface area contributed by atoms with Crippen LogP contribution in [-0.2, 0) is 0 Å².